The van der Waals surface area contributed by atoms with Gasteiger partial charge in [-0.1, -0.05) is 18.2 Å². The lowest BCUT2D eigenvalue weighted by Crippen LogP contribution is -2.37. The predicted octanol–water partition coefficient (Wildman–Crippen LogP) is 0.609. The van der Waals surface area contributed by atoms with Gasteiger partial charge in [0.25, 0.3) is 0 Å². The normalized spacial score (nSPS) is 20.3. The fourth-order valence-electron chi connectivity index (χ4n) is 2.28. The average Bonchev–Trinajstić information content (AvgIpc) is 2.76. The minimum atomic E-state index is -2.98. The van der Waals surface area contributed by atoms with Crippen LogP contribution in [0.1, 0.15) is 18.4 Å². The highest BCUT2D eigenvalue weighted by molar-refractivity contribution is 7.91. The Balaban J connectivity index is 1.65. The van der Waals surface area contributed by atoms with Gasteiger partial charge in [-0.05, 0) is 12.5 Å². The molecule has 0 aromatic heterocycles. The van der Waals surface area contributed by atoms with E-state index in [9.17, 15) is 17.6 Å². The molecule has 0 saturated carbocycles. The highest BCUT2D eigenvalue weighted by Crippen LogP contribution is 2.11. The summed E-state index contributed by atoms with van der Waals surface area (Å²) in [4.78, 5) is 11.7. The summed E-state index contributed by atoms with van der Waals surface area (Å²) in [5.41, 5.74) is 0.555. The molecule has 5 nitrogen and oxygen atoms in total. The van der Waals surface area contributed by atoms with Crippen molar-refractivity contribution in [1.82, 2.24) is 10.6 Å². The van der Waals surface area contributed by atoms with Crippen molar-refractivity contribution in [2.75, 3.05) is 18.1 Å². The van der Waals surface area contributed by atoms with Crippen molar-refractivity contribution in [2.24, 2.45) is 0 Å². The number of carbonyl (C=O) groups excluding carboxylic acids is 1. The number of halogens is 1. The predicted molar refractivity (Wildman–Crippen MR) is 77.9 cm³/mol. The Morgan fingerprint density at radius 2 is 2.10 bits per heavy atom. The minimum absolute atomic E-state index is 0.0292. The van der Waals surface area contributed by atoms with Crippen LogP contribution < -0.4 is 10.6 Å². The number of hydrogen-bond acceptors (Lipinski definition) is 4. The number of hydrogen-bond donors (Lipinski definition) is 2. The SMILES string of the molecule is O=C(CCNCc1ccccc1F)NC1CCS(=O)(=O)C1. The van der Waals surface area contributed by atoms with Gasteiger partial charge in [0.05, 0.1) is 11.5 Å². The summed E-state index contributed by atoms with van der Waals surface area (Å²) in [6, 6.07) is 6.19. The fourth-order valence-corrected chi connectivity index (χ4v) is 3.95. The molecule has 1 saturated heterocycles. The summed E-state index contributed by atoms with van der Waals surface area (Å²) in [6.45, 7) is 0.775. The van der Waals surface area contributed by atoms with Gasteiger partial charge in [-0.15, -0.1) is 0 Å². The molecular formula is C14H19FN2O3S. The van der Waals surface area contributed by atoms with Crippen LogP contribution in [-0.2, 0) is 21.2 Å². The minimum Gasteiger partial charge on any atom is -0.352 e. The van der Waals surface area contributed by atoms with Gasteiger partial charge in [0.15, 0.2) is 9.84 Å². The first-order valence-corrected chi connectivity index (χ1v) is 8.72. The van der Waals surface area contributed by atoms with Gasteiger partial charge >= 0.3 is 0 Å². The molecule has 1 aliphatic rings. The molecule has 0 radical (unpaired) electrons. The second kappa shape index (κ2) is 7.00. The van der Waals surface area contributed by atoms with Gasteiger partial charge in [0.2, 0.25) is 5.91 Å². The zero-order valence-electron chi connectivity index (χ0n) is 11.6. The van der Waals surface area contributed by atoms with Crippen LogP contribution in [0.25, 0.3) is 0 Å². The maximum absolute atomic E-state index is 13.3. The zero-order valence-corrected chi connectivity index (χ0v) is 12.5. The Morgan fingerprint density at radius 3 is 2.76 bits per heavy atom. The standard InChI is InChI=1S/C14H19FN2O3S/c15-13-4-2-1-3-11(13)9-16-7-5-14(18)17-12-6-8-21(19,20)10-12/h1-4,12,16H,5-10H2,(H,17,18). The summed E-state index contributed by atoms with van der Waals surface area (Å²) in [5.74, 6) is -0.283. The summed E-state index contributed by atoms with van der Waals surface area (Å²) in [7, 11) is -2.98. The van der Waals surface area contributed by atoms with Crippen LogP contribution in [0.4, 0.5) is 4.39 Å². The van der Waals surface area contributed by atoms with Gasteiger partial charge in [-0.25, -0.2) is 12.8 Å². The van der Waals surface area contributed by atoms with E-state index >= 15 is 0 Å². The molecule has 1 atom stereocenters. The van der Waals surface area contributed by atoms with Crippen molar-refractivity contribution in [1.29, 1.82) is 0 Å². The summed E-state index contributed by atoms with van der Waals surface area (Å²) in [6.07, 6.45) is 0.724. The smallest absolute Gasteiger partial charge is 0.221 e. The van der Waals surface area contributed by atoms with Gasteiger partial charge < -0.3 is 10.6 Å². The van der Waals surface area contributed by atoms with Gasteiger partial charge in [0, 0.05) is 31.1 Å². The third-order valence-corrected chi connectivity index (χ3v) is 5.17. The first-order chi connectivity index (χ1) is 9.96. The van der Waals surface area contributed by atoms with E-state index in [4.69, 9.17) is 0 Å². The average molecular weight is 314 g/mol. The molecule has 1 heterocycles. The van der Waals surface area contributed by atoms with Crippen molar-refractivity contribution in [3.8, 4) is 0 Å². The van der Waals surface area contributed by atoms with E-state index in [1.165, 1.54) is 6.07 Å². The molecule has 1 aliphatic heterocycles. The second-order valence-corrected chi connectivity index (χ2v) is 7.41. The molecule has 7 heteroatoms. The van der Waals surface area contributed by atoms with Crippen LogP contribution in [0.2, 0.25) is 0 Å². The molecule has 1 amide bonds. The van der Waals surface area contributed by atoms with E-state index < -0.39 is 9.84 Å². The van der Waals surface area contributed by atoms with Crippen LogP contribution in [0.3, 0.4) is 0 Å². The first kappa shape index (κ1) is 15.9. The van der Waals surface area contributed by atoms with E-state index in [1.807, 2.05) is 0 Å². The van der Waals surface area contributed by atoms with Crippen molar-refractivity contribution in [3.05, 3.63) is 35.6 Å². The Hall–Kier alpha value is -1.47. The quantitative estimate of drug-likeness (QED) is 0.755. The van der Waals surface area contributed by atoms with Crippen molar-refractivity contribution in [3.63, 3.8) is 0 Å². The monoisotopic (exact) mass is 314 g/mol. The molecule has 21 heavy (non-hydrogen) atoms. The molecule has 2 N–H and O–H groups in total. The van der Waals surface area contributed by atoms with E-state index in [1.54, 1.807) is 18.2 Å². The van der Waals surface area contributed by atoms with Crippen molar-refractivity contribution >= 4 is 15.7 Å². The molecule has 0 aliphatic carbocycles. The zero-order chi connectivity index (χ0) is 15.3. The molecule has 2 rings (SSSR count). The Kier molecular flexibility index (Phi) is 5.30. The lowest BCUT2D eigenvalue weighted by Gasteiger charge is -2.11. The molecule has 0 bridgehead atoms. The molecule has 1 fully saturated rings. The van der Waals surface area contributed by atoms with Crippen LogP contribution in [0, 0.1) is 5.82 Å². The maximum atomic E-state index is 13.3. The van der Waals surface area contributed by atoms with Gasteiger partial charge in [-0.2, -0.15) is 0 Å². The lowest BCUT2D eigenvalue weighted by atomic mass is 10.2. The Labute approximate surface area is 123 Å². The summed E-state index contributed by atoms with van der Waals surface area (Å²) >= 11 is 0. The third-order valence-electron chi connectivity index (χ3n) is 3.40. The number of nitrogens with one attached hydrogen (secondary N) is 2. The van der Waals surface area contributed by atoms with Crippen molar-refractivity contribution < 1.29 is 17.6 Å². The number of amides is 1. The van der Waals surface area contributed by atoms with Crippen LogP contribution in [0.15, 0.2) is 24.3 Å². The number of benzene rings is 1. The number of rotatable bonds is 6. The molecule has 116 valence electrons. The Bertz CT molecular complexity index is 604. The molecule has 1 unspecified atom stereocenters. The van der Waals surface area contributed by atoms with Crippen LogP contribution in [-0.4, -0.2) is 38.4 Å². The van der Waals surface area contributed by atoms with Crippen LogP contribution >= 0.6 is 0 Å². The topological polar surface area (TPSA) is 75.3 Å². The molecule has 1 aromatic rings. The summed E-state index contributed by atoms with van der Waals surface area (Å²) in [5, 5.41) is 5.71. The van der Waals surface area contributed by atoms with Crippen molar-refractivity contribution in [2.45, 2.75) is 25.4 Å². The highest BCUT2D eigenvalue weighted by atomic mass is 32.2. The summed E-state index contributed by atoms with van der Waals surface area (Å²) < 4.78 is 35.9. The van der Waals surface area contributed by atoms with Gasteiger partial charge in [-0.3, -0.25) is 4.79 Å². The molecule has 1 aromatic carbocycles. The van der Waals surface area contributed by atoms with Gasteiger partial charge in [0.1, 0.15) is 5.82 Å². The van der Waals surface area contributed by atoms with E-state index in [-0.39, 0.29) is 35.7 Å². The Morgan fingerprint density at radius 1 is 1.33 bits per heavy atom. The lowest BCUT2D eigenvalue weighted by molar-refractivity contribution is -0.121. The fraction of sp³-hybridized carbons (Fsp3) is 0.500. The van der Waals surface area contributed by atoms with Crippen LogP contribution in [0.5, 0.6) is 0 Å². The van der Waals surface area contributed by atoms with E-state index in [0.717, 1.165) is 0 Å². The maximum Gasteiger partial charge on any atom is 0.221 e. The second-order valence-electron chi connectivity index (χ2n) is 5.19. The molecule has 0 spiro atoms. The largest absolute Gasteiger partial charge is 0.352 e. The highest BCUT2D eigenvalue weighted by Gasteiger charge is 2.28. The molecular weight excluding hydrogens is 295 g/mol. The van der Waals surface area contributed by atoms with E-state index in [2.05, 4.69) is 10.6 Å². The first-order valence-electron chi connectivity index (χ1n) is 6.90. The number of sulfone groups is 1. The number of carbonyl (C=O) groups is 1. The third kappa shape index (κ3) is 5.09. The van der Waals surface area contributed by atoms with E-state index in [0.29, 0.717) is 25.1 Å².